The van der Waals surface area contributed by atoms with Gasteiger partial charge in [-0.3, -0.25) is 0 Å². The van der Waals surface area contributed by atoms with Gasteiger partial charge in [0.25, 0.3) is 0 Å². The molecule has 1 N–H and O–H groups in total. The summed E-state index contributed by atoms with van der Waals surface area (Å²) in [5.74, 6) is 0. The van der Waals surface area contributed by atoms with Crippen LogP contribution in [0, 0.1) is 6.92 Å². The molecule has 28 heavy (non-hydrogen) atoms. The molecule has 0 amide bonds. The molecule has 2 aromatic carbocycles. The van der Waals surface area contributed by atoms with Gasteiger partial charge in [0, 0.05) is 18.4 Å². The number of nitrogens with one attached hydrogen (secondary N) is 1. The Kier molecular flexibility index (Phi) is 5.77. The highest BCUT2D eigenvalue weighted by atomic mass is 32.2. The van der Waals surface area contributed by atoms with Crippen molar-refractivity contribution in [3.05, 3.63) is 89.2 Å². The molecule has 148 valence electrons. The largest absolute Gasteiger partial charge is 0.346 e. The summed E-state index contributed by atoms with van der Waals surface area (Å²) >= 11 is 0. The summed E-state index contributed by atoms with van der Waals surface area (Å²) in [6.07, 6.45) is 1.98. The molecule has 0 spiro atoms. The fraction of sp³-hybridized carbons (Fsp3) is 0.304. The predicted molar refractivity (Wildman–Crippen MR) is 114 cm³/mol. The predicted octanol–water partition coefficient (Wildman–Crippen LogP) is 4.62. The molecule has 0 saturated heterocycles. The summed E-state index contributed by atoms with van der Waals surface area (Å²) < 4.78 is 30.2. The highest BCUT2D eigenvalue weighted by molar-refractivity contribution is 7.89. The Labute approximate surface area is 168 Å². The van der Waals surface area contributed by atoms with Crippen LogP contribution in [-0.4, -0.2) is 13.0 Å². The normalized spacial score (nSPS) is 12.3. The van der Waals surface area contributed by atoms with E-state index < -0.39 is 10.0 Å². The van der Waals surface area contributed by atoms with E-state index in [4.69, 9.17) is 0 Å². The van der Waals surface area contributed by atoms with Crippen LogP contribution >= 0.6 is 0 Å². The van der Waals surface area contributed by atoms with E-state index in [0.717, 1.165) is 17.8 Å². The molecule has 1 aromatic heterocycles. The molecule has 0 saturated carbocycles. The number of sulfonamides is 1. The first-order chi connectivity index (χ1) is 13.2. The molecule has 0 bridgehead atoms. The van der Waals surface area contributed by atoms with Crippen molar-refractivity contribution in [1.29, 1.82) is 0 Å². The van der Waals surface area contributed by atoms with Crippen molar-refractivity contribution < 1.29 is 8.42 Å². The zero-order valence-electron chi connectivity index (χ0n) is 16.9. The van der Waals surface area contributed by atoms with Crippen molar-refractivity contribution in [1.82, 2.24) is 9.29 Å². The summed E-state index contributed by atoms with van der Waals surface area (Å²) in [4.78, 5) is 0.289. The lowest BCUT2D eigenvalue weighted by molar-refractivity contribution is 0.575. The Hall–Kier alpha value is -2.37. The van der Waals surface area contributed by atoms with Gasteiger partial charge in [-0.05, 0) is 53.3 Å². The second-order valence-corrected chi connectivity index (χ2v) is 9.92. The Morgan fingerprint density at radius 1 is 0.929 bits per heavy atom. The van der Waals surface area contributed by atoms with E-state index in [1.165, 1.54) is 11.1 Å². The van der Waals surface area contributed by atoms with E-state index in [2.05, 4.69) is 49.1 Å². The highest BCUT2D eigenvalue weighted by Crippen LogP contribution is 2.23. The number of hydrogen-bond acceptors (Lipinski definition) is 2. The van der Waals surface area contributed by atoms with Gasteiger partial charge < -0.3 is 4.57 Å². The lowest BCUT2D eigenvalue weighted by Gasteiger charge is -2.19. The first kappa shape index (κ1) is 20.4. The third kappa shape index (κ3) is 4.72. The first-order valence-corrected chi connectivity index (χ1v) is 10.9. The maximum atomic E-state index is 12.7. The van der Waals surface area contributed by atoms with Gasteiger partial charge in [-0.2, -0.15) is 0 Å². The van der Waals surface area contributed by atoms with Crippen LogP contribution in [0.15, 0.2) is 71.8 Å². The van der Waals surface area contributed by atoms with Gasteiger partial charge in [-0.25, -0.2) is 13.1 Å². The topological polar surface area (TPSA) is 51.1 Å². The molecule has 3 aromatic rings. The van der Waals surface area contributed by atoms with Gasteiger partial charge in [0.15, 0.2) is 0 Å². The van der Waals surface area contributed by atoms with Crippen molar-refractivity contribution >= 4 is 10.0 Å². The van der Waals surface area contributed by atoms with Crippen molar-refractivity contribution in [2.24, 2.45) is 0 Å². The van der Waals surface area contributed by atoms with Crippen LogP contribution in [0.25, 0.3) is 0 Å². The van der Waals surface area contributed by atoms with Gasteiger partial charge >= 0.3 is 0 Å². The summed E-state index contributed by atoms with van der Waals surface area (Å²) in [6.45, 7) is 9.38. The van der Waals surface area contributed by atoms with E-state index >= 15 is 0 Å². The summed E-state index contributed by atoms with van der Waals surface area (Å²) in [6, 6.07) is 19.2. The Bertz CT molecular complexity index is 1040. The molecular weight excluding hydrogens is 368 g/mol. The number of nitrogens with zero attached hydrogens (tertiary/aromatic N) is 1. The number of aryl methyl sites for hydroxylation is 1. The SMILES string of the molecule is Cc1ccccc1Cn1cccc1CNS(=O)(=O)c1ccc(C(C)(C)C)cc1. The third-order valence-electron chi connectivity index (χ3n) is 5.00. The molecule has 0 unspecified atom stereocenters. The van der Waals surface area contributed by atoms with E-state index in [9.17, 15) is 8.42 Å². The van der Waals surface area contributed by atoms with Crippen LogP contribution in [0.5, 0.6) is 0 Å². The minimum absolute atomic E-state index is 0.00782. The van der Waals surface area contributed by atoms with Crippen LogP contribution < -0.4 is 4.72 Å². The van der Waals surface area contributed by atoms with E-state index in [-0.39, 0.29) is 16.9 Å². The van der Waals surface area contributed by atoms with Gasteiger partial charge in [0.2, 0.25) is 10.0 Å². The molecule has 3 rings (SSSR count). The number of aromatic nitrogens is 1. The molecule has 0 fully saturated rings. The van der Waals surface area contributed by atoms with Crippen molar-refractivity contribution in [2.45, 2.75) is 51.1 Å². The Morgan fingerprint density at radius 3 is 2.25 bits per heavy atom. The lowest BCUT2D eigenvalue weighted by atomic mass is 9.87. The molecule has 0 atom stereocenters. The maximum absolute atomic E-state index is 12.7. The van der Waals surface area contributed by atoms with Crippen LogP contribution in [0.3, 0.4) is 0 Å². The second-order valence-electron chi connectivity index (χ2n) is 8.15. The van der Waals surface area contributed by atoms with Crippen molar-refractivity contribution in [2.75, 3.05) is 0 Å². The standard InChI is InChI=1S/C23H28N2O2S/c1-18-8-5-6-9-19(18)17-25-15-7-10-21(25)16-24-28(26,27)22-13-11-20(12-14-22)23(2,3)4/h5-15,24H,16-17H2,1-4H3. The first-order valence-electron chi connectivity index (χ1n) is 9.45. The van der Waals surface area contributed by atoms with Gasteiger partial charge in [0.1, 0.15) is 0 Å². The lowest BCUT2D eigenvalue weighted by Crippen LogP contribution is -2.25. The molecule has 0 radical (unpaired) electrons. The molecule has 0 aliphatic carbocycles. The number of benzene rings is 2. The molecule has 1 heterocycles. The Balaban J connectivity index is 1.72. The fourth-order valence-electron chi connectivity index (χ4n) is 3.12. The molecule has 0 aliphatic rings. The maximum Gasteiger partial charge on any atom is 0.240 e. The zero-order valence-corrected chi connectivity index (χ0v) is 17.8. The van der Waals surface area contributed by atoms with Crippen LogP contribution in [0.1, 0.15) is 43.2 Å². The van der Waals surface area contributed by atoms with Crippen LogP contribution in [0.2, 0.25) is 0 Å². The average Bonchev–Trinajstić information content (AvgIpc) is 3.08. The number of hydrogen-bond donors (Lipinski definition) is 1. The summed E-state index contributed by atoms with van der Waals surface area (Å²) in [5, 5.41) is 0. The number of rotatable bonds is 6. The van der Waals surface area contributed by atoms with Crippen LogP contribution in [0.4, 0.5) is 0 Å². The smallest absolute Gasteiger partial charge is 0.240 e. The minimum Gasteiger partial charge on any atom is -0.346 e. The van der Waals surface area contributed by atoms with Crippen molar-refractivity contribution in [3.63, 3.8) is 0 Å². The van der Waals surface area contributed by atoms with E-state index in [1.54, 1.807) is 12.1 Å². The quantitative estimate of drug-likeness (QED) is 0.661. The second kappa shape index (κ2) is 7.94. The fourth-order valence-corrected chi connectivity index (χ4v) is 4.12. The van der Waals surface area contributed by atoms with Crippen LogP contribution in [-0.2, 0) is 28.5 Å². The zero-order chi connectivity index (χ0) is 20.4. The van der Waals surface area contributed by atoms with E-state index in [0.29, 0.717) is 0 Å². The monoisotopic (exact) mass is 396 g/mol. The molecular formula is C23H28N2O2S. The van der Waals surface area contributed by atoms with Crippen molar-refractivity contribution in [3.8, 4) is 0 Å². The Morgan fingerprint density at radius 2 is 1.61 bits per heavy atom. The molecule has 5 heteroatoms. The minimum atomic E-state index is -3.56. The summed E-state index contributed by atoms with van der Waals surface area (Å²) in [7, 11) is -3.56. The highest BCUT2D eigenvalue weighted by Gasteiger charge is 2.18. The third-order valence-corrected chi connectivity index (χ3v) is 6.42. The van der Waals surface area contributed by atoms with Gasteiger partial charge in [-0.1, -0.05) is 57.2 Å². The van der Waals surface area contributed by atoms with E-state index in [1.807, 2.05) is 42.6 Å². The van der Waals surface area contributed by atoms with Gasteiger partial charge in [-0.15, -0.1) is 0 Å². The summed E-state index contributed by atoms with van der Waals surface area (Å²) in [5.41, 5.74) is 4.48. The average molecular weight is 397 g/mol. The molecule has 4 nitrogen and oxygen atoms in total. The van der Waals surface area contributed by atoms with Gasteiger partial charge in [0.05, 0.1) is 11.4 Å². The molecule has 0 aliphatic heterocycles.